The first-order chi connectivity index (χ1) is 18.9. The normalized spacial score (nSPS) is 19.5. The van der Waals surface area contributed by atoms with Crippen LogP contribution in [0.1, 0.15) is 67.8 Å². The highest BCUT2D eigenvalue weighted by Gasteiger charge is 2.26. The summed E-state index contributed by atoms with van der Waals surface area (Å²) in [5.41, 5.74) is 2.91. The van der Waals surface area contributed by atoms with Crippen LogP contribution in [0.15, 0.2) is 42.5 Å². The van der Waals surface area contributed by atoms with Gasteiger partial charge in [0.2, 0.25) is 11.8 Å². The van der Waals surface area contributed by atoms with Crippen LogP contribution in [0.4, 0.5) is 0 Å². The summed E-state index contributed by atoms with van der Waals surface area (Å²) in [7, 11) is 0. The van der Waals surface area contributed by atoms with E-state index >= 15 is 0 Å². The summed E-state index contributed by atoms with van der Waals surface area (Å²) < 4.78 is 0. The summed E-state index contributed by atoms with van der Waals surface area (Å²) in [6.07, 6.45) is 6.85. The van der Waals surface area contributed by atoms with E-state index in [0.717, 1.165) is 37.1 Å². The summed E-state index contributed by atoms with van der Waals surface area (Å²) >= 11 is 0. The van der Waals surface area contributed by atoms with Gasteiger partial charge in [0.05, 0.1) is 6.04 Å². The second-order valence-electron chi connectivity index (χ2n) is 10.7. The second-order valence-corrected chi connectivity index (χ2v) is 10.7. The van der Waals surface area contributed by atoms with E-state index in [1.807, 2.05) is 36.1 Å². The van der Waals surface area contributed by atoms with Gasteiger partial charge >= 0.3 is 0 Å². The Morgan fingerprint density at radius 2 is 1.56 bits per heavy atom. The van der Waals surface area contributed by atoms with Crippen molar-refractivity contribution in [3.8, 4) is 16.9 Å². The number of rotatable bonds is 2. The predicted octanol–water partition coefficient (Wildman–Crippen LogP) is 3.72. The predicted molar refractivity (Wildman–Crippen MR) is 153 cm³/mol. The van der Waals surface area contributed by atoms with Gasteiger partial charge in [0, 0.05) is 43.7 Å². The smallest absolute Gasteiger partial charge is 0.251 e. The van der Waals surface area contributed by atoms with E-state index in [1.54, 1.807) is 18.2 Å². The molecule has 210 valence electrons. The molecule has 2 aromatic rings. The molecule has 8 heteroatoms. The van der Waals surface area contributed by atoms with Crippen molar-refractivity contribution in [1.29, 1.82) is 0 Å². The summed E-state index contributed by atoms with van der Waals surface area (Å²) in [5, 5.41) is 16.5. The van der Waals surface area contributed by atoms with Gasteiger partial charge in [-0.3, -0.25) is 19.3 Å². The third kappa shape index (κ3) is 8.05. The zero-order chi connectivity index (χ0) is 27.6. The quantitative estimate of drug-likeness (QED) is 0.545. The van der Waals surface area contributed by atoms with Crippen LogP contribution in [0.2, 0.25) is 0 Å². The number of amides is 3. The molecule has 2 heterocycles. The number of phenols is 1. The number of benzene rings is 2. The molecular formula is C31H42N4O4. The molecule has 39 heavy (non-hydrogen) atoms. The highest BCUT2D eigenvalue weighted by Crippen LogP contribution is 2.31. The molecular weight excluding hydrogens is 492 g/mol. The first kappa shape index (κ1) is 28.6. The van der Waals surface area contributed by atoms with E-state index in [-0.39, 0.29) is 29.5 Å². The van der Waals surface area contributed by atoms with Gasteiger partial charge in [0.25, 0.3) is 5.91 Å². The minimum absolute atomic E-state index is 0.0279. The third-order valence-electron chi connectivity index (χ3n) is 7.81. The van der Waals surface area contributed by atoms with Gasteiger partial charge in [-0.1, -0.05) is 31.0 Å². The van der Waals surface area contributed by atoms with Crippen molar-refractivity contribution in [1.82, 2.24) is 20.4 Å². The maximum atomic E-state index is 13.5. The summed E-state index contributed by atoms with van der Waals surface area (Å²) in [5.74, 6) is 0.0302. The molecule has 1 saturated heterocycles. The van der Waals surface area contributed by atoms with Gasteiger partial charge in [-0.2, -0.15) is 0 Å². The number of hydrogen-bond donors (Lipinski definition) is 3. The molecule has 2 aliphatic heterocycles. The standard InChI is InChI=1S/C31H42N4O4/c1-23(34-17-4-2-3-5-18-34)31(39)35-19-7-11-29(37)32-16-14-24-12-13-28(36)27(21-24)25-9-6-10-26(22-25)30(38)33-15-8-20-35/h6,9-10,12-13,21-23,36H,2-5,7-8,11,14-20H2,1H3,(H,32,37)(H,33,38). The van der Waals surface area contributed by atoms with E-state index in [9.17, 15) is 19.5 Å². The number of nitrogens with one attached hydrogen (secondary N) is 2. The van der Waals surface area contributed by atoms with Gasteiger partial charge < -0.3 is 20.6 Å². The molecule has 1 atom stereocenters. The molecule has 2 aromatic carbocycles. The van der Waals surface area contributed by atoms with Gasteiger partial charge in [0.1, 0.15) is 5.75 Å². The average molecular weight is 535 g/mol. The van der Waals surface area contributed by atoms with Crippen molar-refractivity contribution in [2.75, 3.05) is 39.3 Å². The largest absolute Gasteiger partial charge is 0.507 e. The molecule has 4 rings (SSSR count). The maximum Gasteiger partial charge on any atom is 0.251 e. The fraction of sp³-hybridized carbons (Fsp3) is 0.516. The number of likely N-dealkylation sites (tertiary alicyclic amines) is 1. The molecule has 1 unspecified atom stereocenters. The van der Waals surface area contributed by atoms with Crippen LogP contribution in [0.5, 0.6) is 5.75 Å². The maximum absolute atomic E-state index is 13.5. The molecule has 8 nitrogen and oxygen atoms in total. The number of aromatic hydroxyl groups is 1. The van der Waals surface area contributed by atoms with Gasteiger partial charge in [-0.05, 0) is 87.5 Å². The molecule has 3 amide bonds. The Kier molecular flexibility index (Phi) is 10.4. The van der Waals surface area contributed by atoms with Crippen molar-refractivity contribution in [3.05, 3.63) is 53.6 Å². The zero-order valence-corrected chi connectivity index (χ0v) is 23.1. The molecule has 0 radical (unpaired) electrons. The van der Waals surface area contributed by atoms with Gasteiger partial charge in [-0.25, -0.2) is 0 Å². The van der Waals surface area contributed by atoms with E-state index in [0.29, 0.717) is 63.0 Å². The van der Waals surface area contributed by atoms with E-state index in [2.05, 4.69) is 15.5 Å². The Balaban J connectivity index is 1.48. The van der Waals surface area contributed by atoms with Crippen LogP contribution in [0.25, 0.3) is 11.1 Å². The summed E-state index contributed by atoms with van der Waals surface area (Å²) in [6.45, 7) is 5.85. The first-order valence-electron chi connectivity index (χ1n) is 14.4. The average Bonchev–Trinajstić information content (AvgIpc) is 3.23. The third-order valence-corrected chi connectivity index (χ3v) is 7.81. The number of hydrogen-bond acceptors (Lipinski definition) is 5. The number of phenolic OH excluding ortho intramolecular Hbond substituents is 1. The summed E-state index contributed by atoms with van der Waals surface area (Å²) in [6, 6.07) is 12.4. The van der Waals surface area contributed by atoms with Gasteiger partial charge in [-0.15, -0.1) is 0 Å². The number of carbonyl (C=O) groups is 3. The van der Waals surface area contributed by atoms with Crippen LogP contribution < -0.4 is 10.6 Å². The fourth-order valence-corrected chi connectivity index (χ4v) is 5.47. The van der Waals surface area contributed by atoms with E-state index < -0.39 is 0 Å². The lowest BCUT2D eigenvalue weighted by atomic mass is 9.98. The summed E-state index contributed by atoms with van der Waals surface area (Å²) in [4.78, 5) is 43.1. The second kappa shape index (κ2) is 14.1. The van der Waals surface area contributed by atoms with E-state index in [4.69, 9.17) is 0 Å². The molecule has 4 bridgehead atoms. The van der Waals surface area contributed by atoms with Gasteiger partial charge in [0.15, 0.2) is 0 Å². The lowest BCUT2D eigenvalue weighted by Crippen LogP contribution is -2.48. The highest BCUT2D eigenvalue weighted by molar-refractivity contribution is 5.95. The minimum atomic E-state index is -0.192. The fourth-order valence-electron chi connectivity index (χ4n) is 5.47. The molecule has 1 fully saturated rings. The monoisotopic (exact) mass is 534 g/mol. The SMILES string of the molecule is CC(C(=O)N1CCCNC(=O)c2cccc(c2)-c2cc(ccc2O)CCNC(=O)CCC1)N1CCCCCC1. The molecule has 3 N–H and O–H groups in total. The van der Waals surface area contributed by atoms with E-state index in [1.165, 1.54) is 12.8 Å². The molecule has 0 saturated carbocycles. The number of fused-ring (bicyclic) bond motifs is 5. The lowest BCUT2D eigenvalue weighted by Gasteiger charge is -2.32. The van der Waals surface area contributed by atoms with Crippen molar-refractivity contribution < 1.29 is 19.5 Å². The topological polar surface area (TPSA) is 102 Å². The Morgan fingerprint density at radius 1 is 0.821 bits per heavy atom. The number of carbonyl (C=O) groups excluding carboxylic acids is 3. The number of nitrogens with zero attached hydrogens (tertiary/aromatic N) is 2. The van der Waals surface area contributed by atoms with Crippen LogP contribution in [0.3, 0.4) is 0 Å². The molecule has 2 aliphatic rings. The van der Waals surface area contributed by atoms with Crippen LogP contribution in [-0.2, 0) is 16.0 Å². The van der Waals surface area contributed by atoms with Crippen LogP contribution >= 0.6 is 0 Å². The zero-order valence-electron chi connectivity index (χ0n) is 23.1. The molecule has 0 aliphatic carbocycles. The minimum Gasteiger partial charge on any atom is -0.507 e. The first-order valence-corrected chi connectivity index (χ1v) is 14.4. The van der Waals surface area contributed by atoms with Crippen molar-refractivity contribution in [2.24, 2.45) is 0 Å². The van der Waals surface area contributed by atoms with Crippen LogP contribution in [0, 0.1) is 0 Å². The Labute approximate surface area is 231 Å². The Bertz CT molecular complexity index is 1140. The molecule has 0 spiro atoms. The highest BCUT2D eigenvalue weighted by atomic mass is 16.3. The Morgan fingerprint density at radius 3 is 2.36 bits per heavy atom. The van der Waals surface area contributed by atoms with Crippen molar-refractivity contribution >= 4 is 17.7 Å². The van der Waals surface area contributed by atoms with Crippen molar-refractivity contribution in [2.45, 2.75) is 64.3 Å². The Hall–Kier alpha value is -3.39. The van der Waals surface area contributed by atoms with Crippen LogP contribution in [-0.4, -0.2) is 77.9 Å². The molecule has 0 aromatic heterocycles. The lowest BCUT2D eigenvalue weighted by molar-refractivity contribution is -0.137. The van der Waals surface area contributed by atoms with Crippen molar-refractivity contribution in [3.63, 3.8) is 0 Å².